The first-order valence-electron chi connectivity index (χ1n) is 7.48. The molecule has 0 aliphatic carbocycles. The van der Waals surface area contributed by atoms with Crippen molar-refractivity contribution in [1.29, 1.82) is 0 Å². The molecule has 1 amide bonds. The molecule has 0 radical (unpaired) electrons. The first kappa shape index (κ1) is 14.8. The molecule has 3 rings (SSSR count). The lowest BCUT2D eigenvalue weighted by Crippen LogP contribution is -2.27. The summed E-state index contributed by atoms with van der Waals surface area (Å²) < 4.78 is 0. The molecule has 0 fully saturated rings. The predicted molar refractivity (Wildman–Crippen MR) is 90.3 cm³/mol. The van der Waals surface area contributed by atoms with Crippen LogP contribution in [-0.4, -0.2) is 15.9 Å². The Morgan fingerprint density at radius 3 is 3.00 bits per heavy atom. The summed E-state index contributed by atoms with van der Waals surface area (Å²) in [6, 6.07) is 9.75. The van der Waals surface area contributed by atoms with Gasteiger partial charge in [0.15, 0.2) is 0 Å². The molecule has 2 heterocycles. The van der Waals surface area contributed by atoms with Crippen molar-refractivity contribution in [3.8, 4) is 0 Å². The van der Waals surface area contributed by atoms with E-state index in [0.29, 0.717) is 5.56 Å². The molecule has 0 saturated carbocycles. The SMILES string of the molecule is CCC[C@H](NC(=O)c1ccc2nc(C)[nH]c2c1)c1cccs1. The van der Waals surface area contributed by atoms with Crippen LogP contribution < -0.4 is 5.32 Å². The summed E-state index contributed by atoms with van der Waals surface area (Å²) in [6.45, 7) is 4.04. The number of rotatable bonds is 5. The summed E-state index contributed by atoms with van der Waals surface area (Å²) in [7, 11) is 0. The number of hydrogen-bond acceptors (Lipinski definition) is 3. The smallest absolute Gasteiger partial charge is 0.251 e. The Morgan fingerprint density at radius 1 is 1.41 bits per heavy atom. The monoisotopic (exact) mass is 313 g/mol. The quantitative estimate of drug-likeness (QED) is 0.741. The van der Waals surface area contributed by atoms with Gasteiger partial charge in [0.2, 0.25) is 0 Å². The molecule has 1 aromatic carbocycles. The third-order valence-corrected chi connectivity index (χ3v) is 4.62. The van der Waals surface area contributed by atoms with Crippen LogP contribution in [0.3, 0.4) is 0 Å². The Morgan fingerprint density at radius 2 is 2.27 bits per heavy atom. The number of H-pyrrole nitrogens is 1. The summed E-state index contributed by atoms with van der Waals surface area (Å²) in [5.41, 5.74) is 2.44. The number of carbonyl (C=O) groups excluding carboxylic acids is 1. The lowest BCUT2D eigenvalue weighted by molar-refractivity contribution is 0.0935. The second-order valence-electron chi connectivity index (χ2n) is 5.38. The first-order valence-corrected chi connectivity index (χ1v) is 8.36. The fourth-order valence-corrected chi connectivity index (χ4v) is 3.40. The summed E-state index contributed by atoms with van der Waals surface area (Å²) >= 11 is 1.68. The van der Waals surface area contributed by atoms with Crippen LogP contribution in [0.5, 0.6) is 0 Å². The minimum absolute atomic E-state index is 0.0407. The average molecular weight is 313 g/mol. The maximum atomic E-state index is 12.5. The van der Waals surface area contributed by atoms with Gasteiger partial charge in [-0.1, -0.05) is 19.4 Å². The largest absolute Gasteiger partial charge is 0.344 e. The van der Waals surface area contributed by atoms with Gasteiger partial charge < -0.3 is 10.3 Å². The summed E-state index contributed by atoms with van der Waals surface area (Å²) in [5.74, 6) is 0.816. The standard InChI is InChI=1S/C17H19N3OS/c1-3-5-14(16-6-4-9-22-16)20-17(21)12-7-8-13-15(10-12)19-11(2)18-13/h4,6-10,14H,3,5H2,1-2H3,(H,18,19)(H,20,21)/t14-/m0/s1. The Kier molecular flexibility index (Phi) is 4.24. The number of hydrogen-bond donors (Lipinski definition) is 2. The van der Waals surface area contributed by atoms with Crippen molar-refractivity contribution in [2.45, 2.75) is 32.7 Å². The van der Waals surface area contributed by atoms with Crippen LogP contribution in [-0.2, 0) is 0 Å². The van der Waals surface area contributed by atoms with Crippen LogP contribution in [0.1, 0.15) is 46.9 Å². The van der Waals surface area contributed by atoms with E-state index >= 15 is 0 Å². The number of imidazole rings is 1. The Balaban J connectivity index is 1.81. The van der Waals surface area contributed by atoms with E-state index in [1.807, 2.05) is 36.6 Å². The topological polar surface area (TPSA) is 57.8 Å². The minimum atomic E-state index is -0.0407. The summed E-state index contributed by atoms with van der Waals surface area (Å²) in [5, 5.41) is 5.19. The minimum Gasteiger partial charge on any atom is -0.344 e. The van der Waals surface area contributed by atoms with Crippen LogP contribution in [0.4, 0.5) is 0 Å². The number of benzene rings is 1. The van der Waals surface area contributed by atoms with Crippen molar-refractivity contribution in [1.82, 2.24) is 15.3 Å². The van der Waals surface area contributed by atoms with Crippen molar-refractivity contribution in [3.63, 3.8) is 0 Å². The van der Waals surface area contributed by atoms with Gasteiger partial charge in [0.05, 0.1) is 17.1 Å². The molecule has 114 valence electrons. The molecule has 0 aliphatic rings. The summed E-state index contributed by atoms with van der Waals surface area (Å²) in [6.07, 6.45) is 1.97. The second kappa shape index (κ2) is 6.32. The third kappa shape index (κ3) is 3.04. The maximum Gasteiger partial charge on any atom is 0.251 e. The zero-order chi connectivity index (χ0) is 15.5. The Hall–Kier alpha value is -2.14. The van der Waals surface area contributed by atoms with E-state index in [1.54, 1.807) is 11.3 Å². The Bertz CT molecular complexity index is 776. The molecular weight excluding hydrogens is 294 g/mol. The maximum absolute atomic E-state index is 12.5. The molecule has 1 atom stereocenters. The molecule has 2 aromatic heterocycles. The molecule has 0 aliphatic heterocycles. The van der Waals surface area contributed by atoms with Gasteiger partial charge in [-0.05, 0) is 43.0 Å². The van der Waals surface area contributed by atoms with E-state index in [4.69, 9.17) is 0 Å². The lowest BCUT2D eigenvalue weighted by atomic mass is 10.1. The number of fused-ring (bicyclic) bond motifs is 1. The number of aromatic amines is 1. The van der Waals surface area contributed by atoms with Crippen LogP contribution in [0.2, 0.25) is 0 Å². The molecule has 0 bridgehead atoms. The number of nitrogens with zero attached hydrogens (tertiary/aromatic N) is 1. The molecule has 0 saturated heterocycles. The number of nitrogens with one attached hydrogen (secondary N) is 2. The van der Waals surface area contributed by atoms with Gasteiger partial charge in [0, 0.05) is 10.4 Å². The van der Waals surface area contributed by atoms with Crippen LogP contribution >= 0.6 is 11.3 Å². The highest BCUT2D eigenvalue weighted by Gasteiger charge is 2.16. The highest BCUT2D eigenvalue weighted by atomic mass is 32.1. The zero-order valence-corrected chi connectivity index (χ0v) is 13.5. The van der Waals surface area contributed by atoms with Crippen LogP contribution in [0, 0.1) is 6.92 Å². The fraction of sp³-hybridized carbons (Fsp3) is 0.294. The number of thiophene rings is 1. The van der Waals surface area contributed by atoms with Crippen LogP contribution in [0.15, 0.2) is 35.7 Å². The van der Waals surface area contributed by atoms with Crippen molar-refractivity contribution in [2.24, 2.45) is 0 Å². The highest BCUT2D eigenvalue weighted by molar-refractivity contribution is 7.10. The number of aryl methyl sites for hydroxylation is 1. The molecule has 5 heteroatoms. The van der Waals surface area contributed by atoms with E-state index in [9.17, 15) is 4.79 Å². The number of amides is 1. The van der Waals surface area contributed by atoms with E-state index < -0.39 is 0 Å². The first-order chi connectivity index (χ1) is 10.7. The van der Waals surface area contributed by atoms with Crippen molar-refractivity contribution in [3.05, 3.63) is 52.0 Å². The Labute approximate surface area is 133 Å². The van der Waals surface area contributed by atoms with Crippen molar-refractivity contribution >= 4 is 28.3 Å². The number of carbonyl (C=O) groups is 1. The van der Waals surface area contributed by atoms with E-state index in [1.165, 1.54) is 4.88 Å². The molecule has 3 aromatic rings. The normalized spacial score (nSPS) is 12.5. The summed E-state index contributed by atoms with van der Waals surface area (Å²) in [4.78, 5) is 21.3. The fourth-order valence-electron chi connectivity index (χ4n) is 2.58. The average Bonchev–Trinajstić information content (AvgIpc) is 3.14. The lowest BCUT2D eigenvalue weighted by Gasteiger charge is -2.16. The van der Waals surface area contributed by atoms with Gasteiger partial charge in [-0.3, -0.25) is 4.79 Å². The molecule has 0 unspecified atom stereocenters. The predicted octanol–water partition coefficient (Wildman–Crippen LogP) is 4.20. The van der Waals surface area contributed by atoms with Crippen LogP contribution in [0.25, 0.3) is 11.0 Å². The molecule has 2 N–H and O–H groups in total. The third-order valence-electron chi connectivity index (χ3n) is 3.63. The molecule has 4 nitrogen and oxygen atoms in total. The van der Waals surface area contributed by atoms with Gasteiger partial charge in [-0.2, -0.15) is 0 Å². The number of aromatic nitrogens is 2. The van der Waals surface area contributed by atoms with Gasteiger partial charge in [0.1, 0.15) is 5.82 Å². The van der Waals surface area contributed by atoms with E-state index in [0.717, 1.165) is 29.7 Å². The van der Waals surface area contributed by atoms with Gasteiger partial charge in [-0.25, -0.2) is 4.98 Å². The van der Waals surface area contributed by atoms with Gasteiger partial charge >= 0.3 is 0 Å². The van der Waals surface area contributed by atoms with E-state index in [2.05, 4.69) is 28.3 Å². The van der Waals surface area contributed by atoms with Gasteiger partial charge in [-0.15, -0.1) is 11.3 Å². The van der Waals surface area contributed by atoms with Gasteiger partial charge in [0.25, 0.3) is 5.91 Å². The molecular formula is C17H19N3OS. The van der Waals surface area contributed by atoms with Crippen molar-refractivity contribution in [2.75, 3.05) is 0 Å². The molecule has 0 spiro atoms. The highest BCUT2D eigenvalue weighted by Crippen LogP contribution is 2.24. The zero-order valence-electron chi connectivity index (χ0n) is 12.7. The van der Waals surface area contributed by atoms with E-state index in [-0.39, 0.29) is 11.9 Å². The molecule has 22 heavy (non-hydrogen) atoms. The van der Waals surface area contributed by atoms with Crippen molar-refractivity contribution < 1.29 is 4.79 Å². The second-order valence-corrected chi connectivity index (χ2v) is 6.36.